The molecular formula is C81H151NO10. The van der Waals surface area contributed by atoms with Crippen molar-refractivity contribution < 1.29 is 49.3 Å². The van der Waals surface area contributed by atoms with Gasteiger partial charge in [-0.1, -0.05) is 351 Å². The number of carbonyl (C=O) groups excluding carboxylic acids is 2. The van der Waals surface area contributed by atoms with Crippen molar-refractivity contribution in [1.29, 1.82) is 0 Å². The lowest BCUT2D eigenvalue weighted by molar-refractivity contribution is -0.302. The van der Waals surface area contributed by atoms with Crippen LogP contribution in [-0.2, 0) is 23.8 Å². The fourth-order valence-corrected chi connectivity index (χ4v) is 12.7. The van der Waals surface area contributed by atoms with E-state index in [0.29, 0.717) is 19.4 Å². The molecule has 1 fully saturated rings. The lowest BCUT2D eigenvalue weighted by Gasteiger charge is -2.40. The molecule has 0 aromatic carbocycles. The lowest BCUT2D eigenvalue weighted by Crippen LogP contribution is -2.60. The zero-order valence-electron chi connectivity index (χ0n) is 60.3. The molecule has 0 saturated carbocycles. The Morgan fingerprint density at radius 2 is 0.739 bits per heavy atom. The number of ether oxygens (including phenoxy) is 3. The van der Waals surface area contributed by atoms with Crippen LogP contribution in [0, 0.1) is 0 Å². The Bertz CT molecular complexity index is 1670. The summed E-state index contributed by atoms with van der Waals surface area (Å²) in [7, 11) is 0. The minimum Gasteiger partial charge on any atom is -0.466 e. The van der Waals surface area contributed by atoms with E-state index in [4.69, 9.17) is 14.2 Å². The standard InChI is InChI=1S/C81H151NO10/c1-3-5-7-9-11-13-15-17-41-44-47-51-55-59-63-67-74(84)73(72-91-81-80(89)79(88)78(87)75(71-83)92-81)82-76(85)68-64-60-56-52-48-45-42-39-37-35-33-31-29-27-25-23-21-19-18-20-22-24-26-28-30-32-34-36-38-40-43-46-50-54-58-62-66-70-90-77(86)69-65-61-57-53-49-16-14-12-10-8-6-4-2/h18,20,24,26,47,51,63,67,73-75,78-81,83-84,87-89H,3-17,19,21-23,25,27-46,48-50,52-62,64-66,68-72H2,1-2H3,(H,82,85)/b20-18-,26-24-,51-47+,67-63+. The quantitative estimate of drug-likeness (QED) is 0.0195. The molecule has 0 spiro atoms. The molecular weight excluding hydrogens is 1150 g/mol. The number of hydrogen-bond donors (Lipinski definition) is 6. The van der Waals surface area contributed by atoms with E-state index < -0.39 is 49.5 Å². The fourth-order valence-electron chi connectivity index (χ4n) is 12.7. The van der Waals surface area contributed by atoms with Gasteiger partial charge in [-0.15, -0.1) is 0 Å². The summed E-state index contributed by atoms with van der Waals surface area (Å²) in [4.78, 5) is 25.1. The smallest absolute Gasteiger partial charge is 0.305 e. The van der Waals surface area contributed by atoms with Crippen LogP contribution in [0.2, 0.25) is 0 Å². The second-order valence-corrected chi connectivity index (χ2v) is 27.8. The number of nitrogens with one attached hydrogen (secondary N) is 1. The Morgan fingerprint density at radius 3 is 1.14 bits per heavy atom. The summed E-state index contributed by atoms with van der Waals surface area (Å²) < 4.78 is 16.8. The first-order chi connectivity index (χ1) is 45.2. The zero-order chi connectivity index (χ0) is 66.5. The van der Waals surface area contributed by atoms with E-state index in [9.17, 15) is 35.1 Å². The van der Waals surface area contributed by atoms with Crippen molar-refractivity contribution in [3.8, 4) is 0 Å². The number of allylic oxidation sites excluding steroid dienone is 7. The number of esters is 1. The van der Waals surface area contributed by atoms with Gasteiger partial charge < -0.3 is 45.1 Å². The SMILES string of the molecule is CCCCCCCCCCC/C=C/CC/C=C/C(O)C(COC1OC(CO)C(O)C(O)C1O)NC(=O)CCCCCCCCCCCCCCCCCCC/C=C\C/C=C\CCCCCCCCCCCCCCCOC(=O)CCCCCCCCCCCCCC. The molecule has 1 rings (SSSR count). The van der Waals surface area contributed by atoms with Gasteiger partial charge in [-0.3, -0.25) is 9.59 Å². The second kappa shape index (κ2) is 70.0. The predicted octanol–water partition coefficient (Wildman–Crippen LogP) is 21.5. The number of carbonyl (C=O) groups is 2. The molecule has 0 aromatic heterocycles. The number of rotatable bonds is 71. The van der Waals surface area contributed by atoms with Gasteiger partial charge in [0.1, 0.15) is 24.4 Å². The third-order valence-electron chi connectivity index (χ3n) is 18.9. The zero-order valence-corrected chi connectivity index (χ0v) is 60.3. The second-order valence-electron chi connectivity index (χ2n) is 27.8. The van der Waals surface area contributed by atoms with Crippen molar-refractivity contribution in [2.24, 2.45) is 0 Å². The van der Waals surface area contributed by atoms with Crippen LogP contribution in [0.1, 0.15) is 393 Å². The molecule has 1 saturated heterocycles. The van der Waals surface area contributed by atoms with E-state index in [1.807, 2.05) is 6.08 Å². The van der Waals surface area contributed by atoms with Crippen molar-refractivity contribution in [1.82, 2.24) is 5.32 Å². The maximum atomic E-state index is 13.1. The predicted molar refractivity (Wildman–Crippen MR) is 389 cm³/mol. The highest BCUT2D eigenvalue weighted by molar-refractivity contribution is 5.76. The van der Waals surface area contributed by atoms with Gasteiger partial charge in [0.05, 0.1) is 32.0 Å². The van der Waals surface area contributed by atoms with E-state index in [0.717, 1.165) is 57.8 Å². The highest BCUT2D eigenvalue weighted by Gasteiger charge is 2.44. The van der Waals surface area contributed by atoms with Gasteiger partial charge >= 0.3 is 5.97 Å². The van der Waals surface area contributed by atoms with Crippen LogP contribution in [0.3, 0.4) is 0 Å². The Balaban J connectivity index is 1.94. The lowest BCUT2D eigenvalue weighted by atomic mass is 9.99. The number of aliphatic hydroxyl groups excluding tert-OH is 5. The average molecular weight is 1300 g/mol. The molecule has 1 amide bonds. The summed E-state index contributed by atoms with van der Waals surface area (Å²) in [5, 5.41) is 54.6. The van der Waals surface area contributed by atoms with Gasteiger partial charge in [0.2, 0.25) is 5.91 Å². The molecule has 7 atom stereocenters. The molecule has 6 N–H and O–H groups in total. The maximum Gasteiger partial charge on any atom is 0.305 e. The van der Waals surface area contributed by atoms with Gasteiger partial charge in [0.25, 0.3) is 0 Å². The van der Waals surface area contributed by atoms with Crippen LogP contribution in [0.15, 0.2) is 48.6 Å². The molecule has 1 heterocycles. The number of aliphatic hydroxyl groups is 5. The van der Waals surface area contributed by atoms with E-state index in [1.54, 1.807) is 6.08 Å². The van der Waals surface area contributed by atoms with Crippen molar-refractivity contribution in [2.45, 2.75) is 436 Å². The highest BCUT2D eigenvalue weighted by atomic mass is 16.7. The van der Waals surface area contributed by atoms with Crippen LogP contribution < -0.4 is 5.32 Å². The minimum absolute atomic E-state index is 0.0135. The molecule has 0 aliphatic carbocycles. The molecule has 7 unspecified atom stereocenters. The Kier molecular flexibility index (Phi) is 66.6. The molecule has 1 aliphatic rings. The molecule has 0 aromatic rings. The maximum absolute atomic E-state index is 13.1. The summed E-state index contributed by atoms with van der Waals surface area (Å²) >= 11 is 0. The molecule has 1 aliphatic heterocycles. The number of hydrogen-bond acceptors (Lipinski definition) is 10. The van der Waals surface area contributed by atoms with Crippen LogP contribution in [0.25, 0.3) is 0 Å². The van der Waals surface area contributed by atoms with E-state index in [2.05, 4.69) is 55.6 Å². The molecule has 11 heteroatoms. The van der Waals surface area contributed by atoms with Gasteiger partial charge in [-0.25, -0.2) is 0 Å². The normalized spacial score (nSPS) is 17.8. The van der Waals surface area contributed by atoms with Crippen molar-refractivity contribution in [2.75, 3.05) is 19.8 Å². The highest BCUT2D eigenvalue weighted by Crippen LogP contribution is 2.24. The summed E-state index contributed by atoms with van der Waals surface area (Å²) in [5.41, 5.74) is 0. The Hall–Kier alpha value is -2.38. The molecule has 92 heavy (non-hydrogen) atoms. The first-order valence-electron chi connectivity index (χ1n) is 39.9. The molecule has 0 radical (unpaired) electrons. The summed E-state index contributed by atoms with van der Waals surface area (Å²) in [6, 6.07) is -0.827. The van der Waals surface area contributed by atoms with Gasteiger partial charge in [0, 0.05) is 12.8 Å². The summed E-state index contributed by atoms with van der Waals surface area (Å²) in [6.45, 7) is 4.37. The van der Waals surface area contributed by atoms with Crippen molar-refractivity contribution >= 4 is 11.9 Å². The fraction of sp³-hybridized carbons (Fsp3) is 0.877. The van der Waals surface area contributed by atoms with Gasteiger partial charge in [-0.2, -0.15) is 0 Å². The molecule has 540 valence electrons. The van der Waals surface area contributed by atoms with Crippen LogP contribution >= 0.6 is 0 Å². The minimum atomic E-state index is -1.58. The molecule has 11 nitrogen and oxygen atoms in total. The van der Waals surface area contributed by atoms with E-state index in [1.165, 1.54) is 308 Å². The Labute approximate surface area is 567 Å². The van der Waals surface area contributed by atoms with Crippen molar-refractivity contribution in [3.63, 3.8) is 0 Å². The number of unbranched alkanes of at least 4 members (excludes halogenated alkanes) is 51. The first kappa shape index (κ1) is 87.6. The van der Waals surface area contributed by atoms with Crippen LogP contribution in [0.5, 0.6) is 0 Å². The van der Waals surface area contributed by atoms with E-state index in [-0.39, 0.29) is 18.5 Å². The average Bonchev–Trinajstić information content (AvgIpc) is 0.989. The monoisotopic (exact) mass is 1300 g/mol. The largest absolute Gasteiger partial charge is 0.466 e. The first-order valence-corrected chi connectivity index (χ1v) is 39.9. The summed E-state index contributed by atoms with van der Waals surface area (Å²) in [5.74, 6) is -0.173. The molecule has 0 bridgehead atoms. The third-order valence-corrected chi connectivity index (χ3v) is 18.9. The van der Waals surface area contributed by atoms with E-state index >= 15 is 0 Å². The van der Waals surface area contributed by atoms with Crippen molar-refractivity contribution in [3.05, 3.63) is 48.6 Å². The number of amides is 1. The van der Waals surface area contributed by atoms with Crippen LogP contribution in [0.4, 0.5) is 0 Å². The van der Waals surface area contributed by atoms with Gasteiger partial charge in [0.15, 0.2) is 6.29 Å². The Morgan fingerprint density at radius 1 is 0.402 bits per heavy atom. The van der Waals surface area contributed by atoms with Gasteiger partial charge in [-0.05, 0) is 77.0 Å². The topological polar surface area (TPSA) is 175 Å². The van der Waals surface area contributed by atoms with Crippen LogP contribution in [-0.4, -0.2) is 100 Å². The third kappa shape index (κ3) is 57.8. The summed E-state index contributed by atoms with van der Waals surface area (Å²) in [6.07, 6.45) is 82.8.